The summed E-state index contributed by atoms with van der Waals surface area (Å²) in [4.78, 5) is 26.9. The van der Waals surface area contributed by atoms with Gasteiger partial charge in [-0.25, -0.2) is 0 Å². The van der Waals surface area contributed by atoms with Crippen LogP contribution in [-0.4, -0.2) is 17.9 Å². The summed E-state index contributed by atoms with van der Waals surface area (Å²) < 4.78 is 0. The minimum Gasteiger partial charge on any atom is -0.349 e. The molecule has 0 radical (unpaired) electrons. The molecular weight excluding hydrogens is 416 g/mol. The second-order valence-corrected chi connectivity index (χ2v) is 9.64. The number of nitrogens with one attached hydrogen (secondary N) is 2. The molecular formula is C24H25ClN2O2S. The maximum Gasteiger partial charge on any atom is 0.262 e. The van der Waals surface area contributed by atoms with E-state index in [4.69, 9.17) is 11.6 Å². The first kappa shape index (κ1) is 21.0. The minimum absolute atomic E-state index is 0.0830. The van der Waals surface area contributed by atoms with Gasteiger partial charge in [0.2, 0.25) is 0 Å². The number of amides is 2. The lowest BCUT2D eigenvalue weighted by molar-refractivity contribution is -0.112. The van der Waals surface area contributed by atoms with Gasteiger partial charge in [-0.2, -0.15) is 0 Å². The summed E-state index contributed by atoms with van der Waals surface area (Å²) in [7, 11) is 0. The van der Waals surface area contributed by atoms with Gasteiger partial charge in [0.05, 0.1) is 10.6 Å². The number of carbonyl (C=O) groups excluding carboxylic acids is 2. The van der Waals surface area contributed by atoms with Crippen LogP contribution >= 0.6 is 23.4 Å². The second-order valence-electron chi connectivity index (χ2n) is 8.14. The van der Waals surface area contributed by atoms with Gasteiger partial charge < -0.3 is 10.6 Å². The van der Waals surface area contributed by atoms with Crippen LogP contribution in [-0.2, 0) is 4.79 Å². The molecule has 2 aliphatic rings. The van der Waals surface area contributed by atoms with Crippen molar-refractivity contribution in [3.05, 3.63) is 63.5 Å². The van der Waals surface area contributed by atoms with Crippen LogP contribution in [0, 0.1) is 11.8 Å². The van der Waals surface area contributed by atoms with Crippen LogP contribution in [0.2, 0.25) is 5.02 Å². The van der Waals surface area contributed by atoms with E-state index >= 15 is 0 Å². The van der Waals surface area contributed by atoms with E-state index in [9.17, 15) is 9.59 Å². The fourth-order valence-electron chi connectivity index (χ4n) is 4.07. The quantitative estimate of drug-likeness (QED) is 0.577. The number of hydrogen-bond acceptors (Lipinski definition) is 3. The van der Waals surface area contributed by atoms with Gasteiger partial charge in [0.15, 0.2) is 0 Å². The number of rotatable bonds is 3. The van der Waals surface area contributed by atoms with E-state index in [1.807, 2.05) is 30.3 Å². The predicted molar refractivity (Wildman–Crippen MR) is 124 cm³/mol. The fraction of sp³-hybridized carbons (Fsp3) is 0.333. The first-order valence-corrected chi connectivity index (χ1v) is 11.5. The standard InChI is InChI=1S/C24H25ClN2O2S/c1-14-6-5-9-19(15(14)2)26-23(28)17-10-11-21-20(12-17)27-24(29)22(30-21)13-16-7-3-4-8-18(16)25/h3-4,7-8,10-15,19H,5-6,9H2,1-2H3,(H,26,28)(H,27,29). The van der Waals surface area contributed by atoms with E-state index < -0.39 is 0 Å². The van der Waals surface area contributed by atoms with E-state index in [0.717, 1.165) is 23.3 Å². The monoisotopic (exact) mass is 440 g/mol. The van der Waals surface area contributed by atoms with Crippen molar-refractivity contribution in [2.24, 2.45) is 11.8 Å². The molecule has 1 aliphatic heterocycles. The molecule has 156 valence electrons. The van der Waals surface area contributed by atoms with Crippen LogP contribution in [0.3, 0.4) is 0 Å². The van der Waals surface area contributed by atoms with Gasteiger partial charge in [0, 0.05) is 21.5 Å². The van der Waals surface area contributed by atoms with Crippen LogP contribution in [0.4, 0.5) is 5.69 Å². The van der Waals surface area contributed by atoms with Gasteiger partial charge in [0.25, 0.3) is 11.8 Å². The summed E-state index contributed by atoms with van der Waals surface area (Å²) in [5.74, 6) is 0.805. The highest BCUT2D eigenvalue weighted by Gasteiger charge is 2.29. The van der Waals surface area contributed by atoms with E-state index in [0.29, 0.717) is 33.0 Å². The summed E-state index contributed by atoms with van der Waals surface area (Å²) in [6.45, 7) is 4.47. The van der Waals surface area contributed by atoms with Crippen molar-refractivity contribution in [2.75, 3.05) is 5.32 Å². The third-order valence-corrected chi connectivity index (χ3v) is 7.59. The SMILES string of the molecule is CC1CCCC(NC(=O)c2ccc3c(c2)NC(=O)C(=Cc2ccccc2Cl)S3)C1C. The summed E-state index contributed by atoms with van der Waals surface area (Å²) in [6, 6.07) is 13.1. The van der Waals surface area contributed by atoms with Gasteiger partial charge in [0.1, 0.15) is 0 Å². The Hall–Kier alpha value is -2.24. The first-order valence-electron chi connectivity index (χ1n) is 10.3. The minimum atomic E-state index is -0.195. The number of anilines is 1. The lowest BCUT2D eigenvalue weighted by Crippen LogP contribution is -2.43. The highest BCUT2D eigenvalue weighted by molar-refractivity contribution is 8.04. The Morgan fingerprint density at radius 2 is 2.00 bits per heavy atom. The van der Waals surface area contributed by atoms with E-state index in [2.05, 4.69) is 24.5 Å². The van der Waals surface area contributed by atoms with Crippen molar-refractivity contribution in [2.45, 2.75) is 44.0 Å². The van der Waals surface area contributed by atoms with Crippen LogP contribution in [0.25, 0.3) is 6.08 Å². The summed E-state index contributed by atoms with van der Waals surface area (Å²) in [5, 5.41) is 6.71. The summed E-state index contributed by atoms with van der Waals surface area (Å²) >= 11 is 7.60. The molecule has 1 heterocycles. The van der Waals surface area contributed by atoms with Gasteiger partial charge in [-0.05, 0) is 54.2 Å². The zero-order valence-electron chi connectivity index (χ0n) is 17.1. The molecule has 6 heteroatoms. The Morgan fingerprint density at radius 3 is 2.80 bits per heavy atom. The zero-order valence-corrected chi connectivity index (χ0v) is 18.6. The molecule has 2 N–H and O–H groups in total. The topological polar surface area (TPSA) is 58.2 Å². The molecule has 2 amide bonds. The molecule has 1 aliphatic carbocycles. The van der Waals surface area contributed by atoms with Crippen LogP contribution in [0.1, 0.15) is 49.0 Å². The van der Waals surface area contributed by atoms with Gasteiger partial charge in [-0.1, -0.05) is 68.3 Å². The number of fused-ring (bicyclic) bond motifs is 1. The number of hydrogen-bond donors (Lipinski definition) is 2. The average Bonchev–Trinajstić information content (AvgIpc) is 2.73. The van der Waals surface area contributed by atoms with E-state index in [1.165, 1.54) is 18.2 Å². The normalized spacial score (nSPS) is 24.8. The molecule has 0 bridgehead atoms. The van der Waals surface area contributed by atoms with Crippen LogP contribution < -0.4 is 10.6 Å². The molecule has 4 rings (SSSR count). The predicted octanol–water partition coefficient (Wildman–Crippen LogP) is 5.98. The lowest BCUT2D eigenvalue weighted by Gasteiger charge is -2.34. The molecule has 3 atom stereocenters. The van der Waals surface area contributed by atoms with Crippen molar-refractivity contribution >= 4 is 46.9 Å². The average molecular weight is 441 g/mol. The fourth-order valence-corrected chi connectivity index (χ4v) is 5.19. The van der Waals surface area contributed by atoms with Crippen molar-refractivity contribution < 1.29 is 9.59 Å². The third-order valence-electron chi connectivity index (χ3n) is 6.15. The largest absolute Gasteiger partial charge is 0.349 e. The van der Waals surface area contributed by atoms with Crippen molar-refractivity contribution in [1.29, 1.82) is 0 Å². The molecule has 2 aromatic rings. The molecule has 1 fully saturated rings. The van der Waals surface area contributed by atoms with E-state index in [1.54, 1.807) is 18.2 Å². The summed E-state index contributed by atoms with van der Waals surface area (Å²) in [6.07, 6.45) is 5.18. The number of benzene rings is 2. The number of thioether (sulfide) groups is 1. The van der Waals surface area contributed by atoms with Gasteiger partial charge in [-0.15, -0.1) is 0 Å². The third kappa shape index (κ3) is 4.42. The highest BCUT2D eigenvalue weighted by atomic mass is 35.5. The Morgan fingerprint density at radius 1 is 1.20 bits per heavy atom. The van der Waals surface area contributed by atoms with E-state index in [-0.39, 0.29) is 17.9 Å². The van der Waals surface area contributed by atoms with Gasteiger partial charge >= 0.3 is 0 Å². The highest BCUT2D eigenvalue weighted by Crippen LogP contribution is 2.40. The molecule has 3 unspecified atom stereocenters. The molecule has 4 nitrogen and oxygen atoms in total. The second kappa shape index (κ2) is 8.86. The maximum absolute atomic E-state index is 12.8. The first-order chi connectivity index (χ1) is 14.4. The Bertz CT molecular complexity index is 1020. The molecule has 0 spiro atoms. The van der Waals surface area contributed by atoms with Gasteiger partial charge in [-0.3, -0.25) is 9.59 Å². The lowest BCUT2D eigenvalue weighted by atomic mass is 9.78. The Labute approximate surface area is 186 Å². The Kier molecular flexibility index (Phi) is 6.21. The van der Waals surface area contributed by atoms with Crippen LogP contribution in [0.5, 0.6) is 0 Å². The van der Waals surface area contributed by atoms with Crippen LogP contribution in [0.15, 0.2) is 52.3 Å². The molecule has 0 aromatic heterocycles. The molecule has 30 heavy (non-hydrogen) atoms. The molecule has 0 saturated heterocycles. The summed E-state index contributed by atoms with van der Waals surface area (Å²) in [5.41, 5.74) is 2.03. The van der Waals surface area contributed by atoms with Crippen molar-refractivity contribution in [3.63, 3.8) is 0 Å². The number of carbonyl (C=O) groups is 2. The zero-order chi connectivity index (χ0) is 21.3. The smallest absolute Gasteiger partial charge is 0.262 e. The maximum atomic E-state index is 12.8. The van der Waals surface area contributed by atoms with Crippen molar-refractivity contribution in [1.82, 2.24) is 5.32 Å². The van der Waals surface area contributed by atoms with Crippen molar-refractivity contribution in [3.8, 4) is 0 Å². The molecule has 2 aromatic carbocycles. The Balaban J connectivity index is 1.51. The number of halogens is 1. The molecule has 1 saturated carbocycles.